The molecule has 0 aliphatic rings. The van der Waals surface area contributed by atoms with Crippen LogP contribution in [-0.4, -0.2) is 35.6 Å². The second-order valence-corrected chi connectivity index (χ2v) is 6.64. The van der Waals surface area contributed by atoms with E-state index in [1.807, 2.05) is 12.6 Å². The summed E-state index contributed by atoms with van der Waals surface area (Å²) in [6, 6.07) is 0. The highest BCUT2D eigenvalue weighted by Crippen LogP contribution is 2.09. The van der Waals surface area contributed by atoms with Gasteiger partial charge in [0.15, 0.2) is 0 Å². The lowest BCUT2D eigenvalue weighted by molar-refractivity contribution is 0.138. The Balaban J connectivity index is -0.000000580. The number of rotatable bonds is 9. The molecule has 0 heterocycles. The van der Waals surface area contributed by atoms with Crippen LogP contribution in [0.2, 0.25) is 0 Å². The number of unbranched alkanes of at least 4 members (excludes halogenated alkanes) is 4. The Morgan fingerprint density at radius 2 is 1.47 bits per heavy atom. The molecule has 2 N–H and O–H groups in total. The summed E-state index contributed by atoms with van der Waals surface area (Å²) in [5.74, 6) is 0. The summed E-state index contributed by atoms with van der Waals surface area (Å²) in [5, 5.41) is 0. The maximum atomic E-state index is 5.27. The molecule has 0 spiro atoms. The van der Waals surface area contributed by atoms with E-state index in [9.17, 15) is 0 Å². The third-order valence-corrected chi connectivity index (χ3v) is 4.75. The minimum absolute atomic E-state index is 0. The molecule has 0 amide bonds. The molecule has 0 radical (unpaired) electrons. The van der Waals surface area contributed by atoms with E-state index < -0.39 is 8.80 Å². The largest absolute Gasteiger partial charge is 0.528 e. The van der Waals surface area contributed by atoms with Crippen LogP contribution in [0.1, 0.15) is 46.0 Å². The van der Waals surface area contributed by atoms with Crippen LogP contribution in [-0.2, 0) is 13.3 Å². The molecular weight excluding hydrogens is 260 g/mol. The molecule has 0 saturated carbocycles. The van der Waals surface area contributed by atoms with Crippen LogP contribution in [0.4, 0.5) is 0 Å². The molecule has 0 atom stereocenters. The zero-order valence-corrected chi connectivity index (χ0v) is 14.2. The molecular formula is C14H32O4Si. The summed E-state index contributed by atoms with van der Waals surface area (Å²) in [6.07, 6.45) is 10.0. The summed E-state index contributed by atoms with van der Waals surface area (Å²) in [4.78, 5) is 0. The third kappa shape index (κ3) is 13.8. The van der Waals surface area contributed by atoms with Gasteiger partial charge in [0.1, 0.15) is 0 Å². The molecule has 116 valence electrons. The van der Waals surface area contributed by atoms with Gasteiger partial charge in [0.25, 0.3) is 0 Å². The van der Waals surface area contributed by atoms with Crippen LogP contribution in [0, 0.1) is 0 Å². The van der Waals surface area contributed by atoms with Gasteiger partial charge in [0.2, 0.25) is 0 Å². The van der Waals surface area contributed by atoms with Crippen LogP contribution < -0.4 is 0 Å². The second-order valence-electron chi connectivity index (χ2n) is 3.88. The van der Waals surface area contributed by atoms with Crippen molar-refractivity contribution in [3.63, 3.8) is 0 Å². The second kappa shape index (κ2) is 17.5. The van der Waals surface area contributed by atoms with Crippen molar-refractivity contribution < 1.29 is 18.8 Å². The molecule has 0 aromatic heterocycles. The topological polar surface area (TPSA) is 59.2 Å². The van der Waals surface area contributed by atoms with E-state index in [0.29, 0.717) is 0 Å². The van der Waals surface area contributed by atoms with Crippen molar-refractivity contribution in [2.75, 3.05) is 21.3 Å². The van der Waals surface area contributed by atoms with Gasteiger partial charge in [-0.05, 0) is 25.5 Å². The van der Waals surface area contributed by atoms with Crippen molar-refractivity contribution in [3.05, 3.63) is 24.4 Å². The van der Waals surface area contributed by atoms with Crippen molar-refractivity contribution in [1.29, 1.82) is 0 Å². The van der Waals surface area contributed by atoms with Gasteiger partial charge < -0.3 is 18.8 Å². The molecule has 19 heavy (non-hydrogen) atoms. The van der Waals surface area contributed by atoms with Gasteiger partial charge in [-0.25, -0.2) is 0 Å². The molecule has 0 rings (SSSR count). The first-order chi connectivity index (χ1) is 8.66. The first kappa shape index (κ1) is 23.6. The van der Waals surface area contributed by atoms with Crippen LogP contribution in [0.5, 0.6) is 0 Å². The molecule has 0 aromatic rings. The average Bonchev–Trinajstić information content (AvgIpc) is 2.40. The van der Waals surface area contributed by atoms with E-state index in [4.69, 9.17) is 13.3 Å². The molecule has 0 aliphatic carbocycles. The van der Waals surface area contributed by atoms with Gasteiger partial charge in [-0.2, -0.15) is 0 Å². The lowest BCUT2D eigenvalue weighted by Gasteiger charge is -2.20. The van der Waals surface area contributed by atoms with Crippen molar-refractivity contribution in [2.24, 2.45) is 0 Å². The quantitative estimate of drug-likeness (QED) is 0.372. The average molecular weight is 292 g/mol. The fourth-order valence-corrected chi connectivity index (χ4v) is 2.73. The summed E-state index contributed by atoms with van der Waals surface area (Å²) in [5.41, 5.74) is 1.96. The Hall–Kier alpha value is -0.463. The van der Waals surface area contributed by atoms with Crippen LogP contribution in [0.15, 0.2) is 24.4 Å². The monoisotopic (exact) mass is 292 g/mol. The summed E-state index contributed by atoms with van der Waals surface area (Å²) in [7, 11) is 2.41. The van der Waals surface area contributed by atoms with Crippen molar-refractivity contribution in [3.8, 4) is 0 Å². The Bertz CT molecular complexity index is 195. The molecule has 0 unspecified atom stereocenters. The predicted molar refractivity (Wildman–Crippen MR) is 84.2 cm³/mol. The molecule has 0 aromatic carbocycles. The standard InChI is InChI=1S/C11H24O3Si.C3H6.H2O/c1-5-6-7-8-9-10-11-15(12-2,13-3)14-4;1-3-2;/h10-11H,5-9H2,1-4H3;3H,1H2,2H3;1H2. The van der Waals surface area contributed by atoms with Gasteiger partial charge in [0.05, 0.1) is 0 Å². The highest BCUT2D eigenvalue weighted by molar-refractivity contribution is 6.66. The van der Waals surface area contributed by atoms with Crippen molar-refractivity contribution in [1.82, 2.24) is 0 Å². The van der Waals surface area contributed by atoms with E-state index in [-0.39, 0.29) is 5.48 Å². The Kier molecular flexibility index (Phi) is 21.8. The van der Waals surface area contributed by atoms with Crippen molar-refractivity contribution >= 4 is 8.80 Å². The van der Waals surface area contributed by atoms with Gasteiger partial charge in [-0.3, -0.25) is 0 Å². The highest BCUT2D eigenvalue weighted by Gasteiger charge is 2.33. The van der Waals surface area contributed by atoms with Crippen LogP contribution >= 0.6 is 0 Å². The Morgan fingerprint density at radius 3 is 1.84 bits per heavy atom. The molecule has 5 heteroatoms. The summed E-state index contributed by atoms with van der Waals surface area (Å²) in [6.45, 7) is 7.47. The lowest BCUT2D eigenvalue weighted by Crippen LogP contribution is -2.40. The number of hydrogen-bond donors (Lipinski definition) is 0. The third-order valence-electron chi connectivity index (χ3n) is 2.40. The minimum atomic E-state index is -2.47. The van der Waals surface area contributed by atoms with Crippen LogP contribution in [0.25, 0.3) is 0 Å². The van der Waals surface area contributed by atoms with E-state index >= 15 is 0 Å². The number of hydrogen-bond acceptors (Lipinski definition) is 3. The van der Waals surface area contributed by atoms with Crippen LogP contribution in [0.3, 0.4) is 0 Å². The fraction of sp³-hybridized carbons (Fsp3) is 0.714. The first-order valence-corrected chi connectivity index (χ1v) is 8.36. The Labute approximate surface area is 120 Å². The van der Waals surface area contributed by atoms with Gasteiger partial charge in [-0.1, -0.05) is 38.3 Å². The highest BCUT2D eigenvalue weighted by atomic mass is 28.4. The predicted octanol–water partition coefficient (Wildman–Crippen LogP) is 3.30. The molecule has 0 saturated heterocycles. The zero-order chi connectivity index (χ0) is 14.3. The van der Waals surface area contributed by atoms with Gasteiger partial charge >= 0.3 is 8.80 Å². The number of allylic oxidation sites excluding steroid dienone is 2. The summed E-state index contributed by atoms with van der Waals surface area (Å²) >= 11 is 0. The normalized spacial score (nSPS) is 10.6. The van der Waals surface area contributed by atoms with Gasteiger partial charge in [-0.15, -0.1) is 6.58 Å². The molecule has 0 bridgehead atoms. The summed E-state index contributed by atoms with van der Waals surface area (Å²) < 4.78 is 15.8. The van der Waals surface area contributed by atoms with E-state index in [1.54, 1.807) is 27.4 Å². The van der Waals surface area contributed by atoms with Gasteiger partial charge in [0, 0.05) is 21.3 Å². The first-order valence-electron chi connectivity index (χ1n) is 6.56. The lowest BCUT2D eigenvalue weighted by atomic mass is 10.2. The molecule has 0 fully saturated rings. The zero-order valence-electron chi connectivity index (χ0n) is 13.2. The maximum absolute atomic E-state index is 5.27. The molecule has 4 nitrogen and oxygen atoms in total. The SMILES string of the molecule is C=CC.CCCCCCC=C[Si](OC)(OC)OC.O. The maximum Gasteiger partial charge on any atom is 0.528 e. The molecule has 0 aliphatic heterocycles. The smallest absolute Gasteiger partial charge is 0.412 e. The van der Waals surface area contributed by atoms with Crippen molar-refractivity contribution in [2.45, 2.75) is 46.0 Å². The minimum Gasteiger partial charge on any atom is -0.412 e. The fourth-order valence-electron chi connectivity index (χ4n) is 1.37. The van der Waals surface area contributed by atoms with E-state index in [1.165, 1.54) is 25.7 Å². The van der Waals surface area contributed by atoms with E-state index in [2.05, 4.69) is 19.6 Å². The van der Waals surface area contributed by atoms with E-state index in [0.717, 1.165) is 6.42 Å². The Morgan fingerprint density at radius 1 is 1.00 bits per heavy atom.